The van der Waals surface area contributed by atoms with Gasteiger partial charge in [-0.15, -0.1) is 0 Å². The Morgan fingerprint density at radius 3 is 2.35 bits per heavy atom. The van der Waals surface area contributed by atoms with Gasteiger partial charge in [-0.05, 0) is 37.1 Å². The zero-order valence-electron chi connectivity index (χ0n) is 14.2. The highest BCUT2D eigenvalue weighted by atomic mass is 16.4. The summed E-state index contributed by atoms with van der Waals surface area (Å²) in [5.41, 5.74) is 0.0372. The van der Waals surface area contributed by atoms with E-state index in [1.807, 2.05) is 24.3 Å². The fourth-order valence-corrected chi connectivity index (χ4v) is 3.17. The third kappa shape index (κ3) is 3.13. The average Bonchev–Trinajstić information content (AvgIpc) is 2.97. The number of fused-ring (bicyclic) bond motifs is 1. The number of aliphatic carboxylic acids is 1. The number of aromatic amines is 1. The molecule has 1 atom stereocenters. The molecule has 0 radical (unpaired) electrons. The minimum Gasteiger partial charge on any atom is -0.507 e. The van der Waals surface area contributed by atoms with Gasteiger partial charge in [0.15, 0.2) is 5.78 Å². The molecule has 0 fully saturated rings. The molecule has 6 heteroatoms. The Bertz CT molecular complexity index is 971. The molecular formula is C20H19NO5. The Kier molecular flexibility index (Phi) is 4.42. The second-order valence-corrected chi connectivity index (χ2v) is 6.67. The van der Waals surface area contributed by atoms with Crippen molar-refractivity contribution in [1.82, 2.24) is 4.98 Å². The van der Waals surface area contributed by atoms with Gasteiger partial charge in [-0.3, -0.25) is 9.59 Å². The van der Waals surface area contributed by atoms with Crippen molar-refractivity contribution in [2.45, 2.75) is 19.8 Å². The number of benzene rings is 2. The second-order valence-electron chi connectivity index (χ2n) is 6.67. The third-order valence-corrected chi connectivity index (χ3v) is 4.62. The molecule has 26 heavy (non-hydrogen) atoms. The fraction of sp³-hybridized carbons (Fsp3) is 0.200. The van der Waals surface area contributed by atoms with Crippen LogP contribution in [0.15, 0.2) is 48.7 Å². The maximum absolute atomic E-state index is 12.6. The first kappa shape index (κ1) is 17.5. The summed E-state index contributed by atoms with van der Waals surface area (Å²) >= 11 is 0. The van der Waals surface area contributed by atoms with Crippen LogP contribution in [0.4, 0.5) is 0 Å². The van der Waals surface area contributed by atoms with Crippen molar-refractivity contribution < 1.29 is 24.9 Å². The van der Waals surface area contributed by atoms with Crippen molar-refractivity contribution in [3.05, 3.63) is 59.8 Å². The van der Waals surface area contributed by atoms with Crippen molar-refractivity contribution in [1.29, 1.82) is 0 Å². The molecule has 1 unspecified atom stereocenters. The minimum atomic E-state index is -1.39. The van der Waals surface area contributed by atoms with E-state index in [2.05, 4.69) is 4.98 Å². The molecule has 1 heterocycles. The quantitative estimate of drug-likeness (QED) is 0.507. The molecule has 0 spiro atoms. The molecule has 0 aliphatic carbocycles. The number of nitrogens with one attached hydrogen (secondary N) is 1. The largest absolute Gasteiger partial charge is 0.507 e. The molecule has 134 valence electrons. The number of aromatic nitrogens is 1. The SMILES string of the molecule is CC(CC(=O)c1c(O)cccc1O)(Cc1c[nH]c2ccccc12)C(=O)O. The Hall–Kier alpha value is -3.28. The summed E-state index contributed by atoms with van der Waals surface area (Å²) in [5, 5.41) is 30.4. The van der Waals surface area contributed by atoms with Gasteiger partial charge in [0, 0.05) is 23.5 Å². The number of H-pyrrole nitrogens is 1. The van der Waals surface area contributed by atoms with Crippen LogP contribution in [0.1, 0.15) is 29.3 Å². The second kappa shape index (κ2) is 6.55. The van der Waals surface area contributed by atoms with Crippen LogP contribution in [0.3, 0.4) is 0 Å². The molecule has 0 aliphatic rings. The predicted octanol–water partition coefficient (Wildman–Crippen LogP) is 3.49. The lowest BCUT2D eigenvalue weighted by molar-refractivity contribution is -0.147. The van der Waals surface area contributed by atoms with Crippen molar-refractivity contribution in [2.24, 2.45) is 5.41 Å². The summed E-state index contributed by atoms with van der Waals surface area (Å²) < 4.78 is 0. The molecule has 6 nitrogen and oxygen atoms in total. The number of para-hydroxylation sites is 1. The highest BCUT2D eigenvalue weighted by molar-refractivity contribution is 6.03. The summed E-state index contributed by atoms with van der Waals surface area (Å²) in [4.78, 5) is 27.6. The molecule has 0 amide bonds. The first-order chi connectivity index (χ1) is 12.3. The molecule has 3 aromatic rings. The predicted molar refractivity (Wildman–Crippen MR) is 96.5 cm³/mol. The number of carbonyl (C=O) groups is 2. The van der Waals surface area contributed by atoms with Crippen LogP contribution in [0.25, 0.3) is 10.9 Å². The number of Topliss-reactive ketones (excluding diaryl/α,β-unsaturated/α-hetero) is 1. The number of rotatable bonds is 6. The number of ketones is 1. The van der Waals surface area contributed by atoms with Crippen LogP contribution in [0.2, 0.25) is 0 Å². The zero-order valence-corrected chi connectivity index (χ0v) is 14.2. The van der Waals surface area contributed by atoms with Crippen LogP contribution in [-0.2, 0) is 11.2 Å². The van der Waals surface area contributed by atoms with Crippen molar-refractivity contribution in [2.75, 3.05) is 0 Å². The molecule has 3 rings (SSSR count). The van der Waals surface area contributed by atoms with Crippen LogP contribution in [0, 0.1) is 5.41 Å². The van der Waals surface area contributed by atoms with E-state index in [0.717, 1.165) is 16.5 Å². The minimum absolute atomic E-state index is 0.131. The van der Waals surface area contributed by atoms with Crippen LogP contribution < -0.4 is 0 Å². The average molecular weight is 353 g/mol. The highest BCUT2D eigenvalue weighted by Crippen LogP contribution is 2.35. The molecule has 0 bridgehead atoms. The summed E-state index contributed by atoms with van der Waals surface area (Å²) in [5.74, 6) is -2.47. The normalized spacial score (nSPS) is 13.4. The molecule has 0 aliphatic heterocycles. The zero-order chi connectivity index (χ0) is 18.9. The third-order valence-electron chi connectivity index (χ3n) is 4.62. The Balaban J connectivity index is 1.93. The lowest BCUT2D eigenvalue weighted by atomic mass is 9.78. The first-order valence-corrected chi connectivity index (χ1v) is 8.14. The van der Waals surface area contributed by atoms with Gasteiger partial charge in [0.25, 0.3) is 0 Å². The monoisotopic (exact) mass is 353 g/mol. The Morgan fingerprint density at radius 1 is 1.04 bits per heavy atom. The lowest BCUT2D eigenvalue weighted by Crippen LogP contribution is -2.32. The topological polar surface area (TPSA) is 111 Å². The Morgan fingerprint density at radius 2 is 1.69 bits per heavy atom. The highest BCUT2D eigenvalue weighted by Gasteiger charge is 2.37. The number of hydrogen-bond donors (Lipinski definition) is 4. The van der Waals surface area contributed by atoms with Crippen molar-refractivity contribution in [3.8, 4) is 11.5 Å². The number of carbonyl (C=O) groups excluding carboxylic acids is 1. The molecule has 1 aromatic heterocycles. The lowest BCUT2D eigenvalue weighted by Gasteiger charge is -2.24. The van der Waals surface area contributed by atoms with Crippen LogP contribution >= 0.6 is 0 Å². The van der Waals surface area contributed by atoms with Gasteiger partial charge in [-0.1, -0.05) is 24.3 Å². The number of carboxylic acids is 1. The van der Waals surface area contributed by atoms with E-state index in [9.17, 15) is 24.9 Å². The van der Waals surface area contributed by atoms with E-state index in [1.54, 1.807) is 6.20 Å². The smallest absolute Gasteiger partial charge is 0.310 e. The van der Waals surface area contributed by atoms with Gasteiger partial charge in [-0.2, -0.15) is 0 Å². The maximum atomic E-state index is 12.6. The molecule has 4 N–H and O–H groups in total. The van der Waals surface area contributed by atoms with Gasteiger partial charge in [-0.25, -0.2) is 0 Å². The van der Waals surface area contributed by atoms with Gasteiger partial charge < -0.3 is 20.3 Å². The van der Waals surface area contributed by atoms with E-state index in [1.165, 1.54) is 25.1 Å². The molecule has 0 saturated heterocycles. The van der Waals surface area contributed by atoms with E-state index in [0.29, 0.717) is 0 Å². The number of carboxylic acid groups (broad SMARTS) is 1. The number of phenols is 2. The standard InChI is InChI=1S/C20H19NO5/c1-20(19(25)26,9-12-11-21-14-6-3-2-5-13(12)14)10-17(24)18-15(22)7-4-8-16(18)23/h2-8,11,21-23H,9-10H2,1H3,(H,25,26). The number of hydrogen-bond acceptors (Lipinski definition) is 4. The molecular weight excluding hydrogens is 334 g/mol. The van der Waals surface area contributed by atoms with Gasteiger partial charge >= 0.3 is 5.97 Å². The molecule has 0 saturated carbocycles. The van der Waals surface area contributed by atoms with Crippen LogP contribution in [-0.4, -0.2) is 32.1 Å². The maximum Gasteiger partial charge on any atom is 0.310 e. The number of aromatic hydroxyl groups is 2. The van der Waals surface area contributed by atoms with Crippen molar-refractivity contribution in [3.63, 3.8) is 0 Å². The van der Waals surface area contributed by atoms with E-state index in [4.69, 9.17) is 0 Å². The fourth-order valence-electron chi connectivity index (χ4n) is 3.17. The summed E-state index contributed by atoms with van der Waals surface area (Å²) in [6, 6.07) is 11.5. The van der Waals surface area contributed by atoms with Crippen molar-refractivity contribution >= 4 is 22.7 Å². The molecule has 2 aromatic carbocycles. The van der Waals surface area contributed by atoms with Crippen LogP contribution in [0.5, 0.6) is 11.5 Å². The van der Waals surface area contributed by atoms with Gasteiger partial charge in [0.1, 0.15) is 17.1 Å². The summed E-state index contributed by atoms with van der Waals surface area (Å²) in [6.07, 6.45) is 1.52. The summed E-state index contributed by atoms with van der Waals surface area (Å²) in [6.45, 7) is 1.49. The van der Waals surface area contributed by atoms with E-state index >= 15 is 0 Å². The number of phenolic OH excluding ortho intramolecular Hbond substituents is 2. The van der Waals surface area contributed by atoms with Gasteiger partial charge in [0.2, 0.25) is 0 Å². The Labute approximate surface area is 149 Å². The first-order valence-electron chi connectivity index (χ1n) is 8.14. The van der Waals surface area contributed by atoms with E-state index in [-0.39, 0.29) is 29.9 Å². The van der Waals surface area contributed by atoms with Gasteiger partial charge in [0.05, 0.1) is 5.41 Å². The summed E-state index contributed by atoms with van der Waals surface area (Å²) in [7, 11) is 0. The van der Waals surface area contributed by atoms with E-state index < -0.39 is 17.2 Å².